The molecule has 7 nitrogen and oxygen atoms in total. The Hall–Kier alpha value is -3.69. The average molecular weight is 553 g/mol. The number of primary amides is 1. The molecule has 0 spiro atoms. The minimum absolute atomic E-state index is 0.00897. The highest BCUT2D eigenvalue weighted by Crippen LogP contribution is 2.42. The van der Waals surface area contributed by atoms with E-state index < -0.39 is 17.8 Å². The van der Waals surface area contributed by atoms with Crippen LogP contribution in [0.2, 0.25) is 0 Å². The van der Waals surface area contributed by atoms with Crippen molar-refractivity contribution in [2.45, 2.75) is 64.1 Å². The molecule has 0 radical (unpaired) electrons. The highest BCUT2D eigenvalue weighted by atomic mass is 19.4. The minimum atomic E-state index is -4.49. The van der Waals surface area contributed by atoms with E-state index in [1.807, 2.05) is 24.3 Å². The molecule has 212 valence electrons. The third kappa shape index (κ3) is 6.54. The fourth-order valence-electron chi connectivity index (χ4n) is 6.31. The van der Waals surface area contributed by atoms with Crippen molar-refractivity contribution in [3.8, 4) is 11.1 Å². The number of halogens is 3. The first-order valence-electron chi connectivity index (χ1n) is 13.9. The molecule has 1 saturated carbocycles. The van der Waals surface area contributed by atoms with E-state index in [2.05, 4.69) is 32.1 Å². The summed E-state index contributed by atoms with van der Waals surface area (Å²) in [6.45, 7) is 3.78. The molecule has 3 N–H and O–H groups in total. The number of benzene rings is 1. The molecule has 3 atom stereocenters. The Morgan fingerprint density at radius 3 is 2.62 bits per heavy atom. The van der Waals surface area contributed by atoms with Gasteiger partial charge in [-0.2, -0.15) is 13.2 Å². The van der Waals surface area contributed by atoms with E-state index in [9.17, 15) is 18.0 Å². The number of piperidine rings is 1. The molecular weight excluding hydrogens is 517 g/mol. The summed E-state index contributed by atoms with van der Waals surface area (Å²) in [6.07, 6.45) is 6.89. The topological polar surface area (TPSA) is 97.0 Å². The van der Waals surface area contributed by atoms with Crippen molar-refractivity contribution in [1.82, 2.24) is 15.0 Å². The Morgan fingerprint density at radius 2 is 1.88 bits per heavy atom. The van der Waals surface area contributed by atoms with Gasteiger partial charge in [0.2, 0.25) is 5.91 Å². The van der Waals surface area contributed by atoms with Crippen LogP contribution in [0.1, 0.15) is 67.9 Å². The summed E-state index contributed by atoms with van der Waals surface area (Å²) in [7, 11) is 0. The molecule has 5 rings (SSSR count). The van der Waals surface area contributed by atoms with Crippen molar-refractivity contribution in [2.24, 2.45) is 17.1 Å². The molecule has 3 aromatic rings. The number of alkyl halides is 3. The lowest BCUT2D eigenvalue weighted by molar-refractivity contribution is -0.141. The normalized spacial score (nSPS) is 23.6. The van der Waals surface area contributed by atoms with Gasteiger partial charge in [-0.3, -0.25) is 4.79 Å². The van der Waals surface area contributed by atoms with Crippen LogP contribution in [-0.2, 0) is 6.18 Å². The first kappa shape index (κ1) is 27.9. The Balaban J connectivity index is 1.28. The van der Waals surface area contributed by atoms with Gasteiger partial charge in [0, 0.05) is 30.9 Å². The van der Waals surface area contributed by atoms with Crippen LogP contribution >= 0.6 is 0 Å². The number of pyridine rings is 1. The molecule has 1 amide bonds. The third-order valence-corrected chi connectivity index (χ3v) is 8.27. The quantitative estimate of drug-likeness (QED) is 0.356. The molecule has 0 unspecified atom stereocenters. The van der Waals surface area contributed by atoms with Gasteiger partial charge in [-0.1, -0.05) is 31.9 Å². The van der Waals surface area contributed by atoms with Crippen LogP contribution in [0.3, 0.4) is 0 Å². The van der Waals surface area contributed by atoms with E-state index >= 15 is 0 Å². The molecule has 1 saturated heterocycles. The predicted molar refractivity (Wildman–Crippen MR) is 149 cm³/mol. The Labute approximate surface area is 232 Å². The van der Waals surface area contributed by atoms with Crippen LogP contribution in [0.25, 0.3) is 11.1 Å². The number of nitrogens with one attached hydrogen (secondary N) is 1. The van der Waals surface area contributed by atoms with Gasteiger partial charge in [0.1, 0.15) is 11.6 Å². The van der Waals surface area contributed by atoms with Crippen LogP contribution in [0.4, 0.5) is 24.8 Å². The number of aromatic nitrogens is 3. The van der Waals surface area contributed by atoms with E-state index in [0.29, 0.717) is 17.3 Å². The number of rotatable bonds is 7. The predicted octanol–water partition coefficient (Wildman–Crippen LogP) is 6.32. The standard InChI is InChI=1S/C30H35F3N6O/c1-29(11-5-13-39(19-29)27-18-36-25(17-37-27)30(31,32)33)16-23-6-2-3-9-24(23)38-26-15-21(10-12-35-26)20-7-4-8-22(14-20)28(34)40/h4,7-8,10,12,14-15,17-18,23-24H,2-3,5-6,9,11,13,16,19H2,1H3,(H2,34,40)(H,35,38)/t23-,24+,29+/m0/s1. The van der Waals surface area contributed by atoms with Crippen molar-refractivity contribution < 1.29 is 18.0 Å². The number of nitrogens with zero attached hydrogens (tertiary/aromatic N) is 4. The fourth-order valence-corrected chi connectivity index (χ4v) is 6.31. The van der Waals surface area contributed by atoms with Crippen molar-refractivity contribution in [1.29, 1.82) is 0 Å². The van der Waals surface area contributed by atoms with Crippen LogP contribution in [-0.4, -0.2) is 40.0 Å². The minimum Gasteiger partial charge on any atom is -0.367 e. The number of hydrogen-bond donors (Lipinski definition) is 2. The van der Waals surface area contributed by atoms with Gasteiger partial charge < -0.3 is 16.0 Å². The maximum atomic E-state index is 12.9. The number of amides is 1. The number of anilines is 2. The lowest BCUT2D eigenvalue weighted by Crippen LogP contribution is -2.45. The first-order valence-corrected chi connectivity index (χ1v) is 13.9. The highest BCUT2D eigenvalue weighted by molar-refractivity contribution is 5.94. The smallest absolute Gasteiger partial charge is 0.367 e. The molecule has 40 heavy (non-hydrogen) atoms. The van der Waals surface area contributed by atoms with E-state index in [1.165, 1.54) is 12.6 Å². The lowest BCUT2D eigenvalue weighted by atomic mass is 9.70. The second-order valence-corrected chi connectivity index (χ2v) is 11.5. The number of hydrogen-bond acceptors (Lipinski definition) is 6. The lowest BCUT2D eigenvalue weighted by Gasteiger charge is -2.45. The van der Waals surface area contributed by atoms with Crippen LogP contribution in [0.5, 0.6) is 0 Å². The summed E-state index contributed by atoms with van der Waals surface area (Å²) in [5.74, 6) is 1.29. The zero-order chi connectivity index (χ0) is 28.3. The largest absolute Gasteiger partial charge is 0.434 e. The Morgan fingerprint density at radius 1 is 1.07 bits per heavy atom. The second kappa shape index (κ2) is 11.4. The van der Waals surface area contributed by atoms with Gasteiger partial charge in [-0.05, 0) is 78.8 Å². The number of carbonyl (C=O) groups excluding carboxylic acids is 1. The zero-order valence-electron chi connectivity index (χ0n) is 22.6. The average Bonchev–Trinajstić information content (AvgIpc) is 2.94. The summed E-state index contributed by atoms with van der Waals surface area (Å²) in [5.41, 5.74) is 6.84. The molecule has 1 aliphatic carbocycles. The van der Waals surface area contributed by atoms with Gasteiger partial charge in [0.15, 0.2) is 5.69 Å². The van der Waals surface area contributed by atoms with E-state index in [1.54, 1.807) is 18.3 Å². The first-order chi connectivity index (χ1) is 19.1. The van der Waals surface area contributed by atoms with E-state index in [4.69, 9.17) is 5.73 Å². The highest BCUT2D eigenvalue weighted by Gasteiger charge is 2.38. The molecule has 3 heterocycles. The Kier molecular flexibility index (Phi) is 7.96. The SMILES string of the molecule is C[C@]1(C[C@@H]2CCCC[C@H]2Nc2cc(-c3cccc(C(N)=O)c3)ccn2)CCCN(c2cnc(C(F)(F)F)cn2)C1. The molecule has 2 aromatic heterocycles. The maximum Gasteiger partial charge on any atom is 0.434 e. The summed E-state index contributed by atoms with van der Waals surface area (Å²) in [4.78, 5) is 26.0. The number of nitrogens with two attached hydrogens (primary N) is 1. The van der Waals surface area contributed by atoms with Gasteiger partial charge in [-0.25, -0.2) is 15.0 Å². The maximum absolute atomic E-state index is 12.9. The number of carbonyl (C=O) groups is 1. The van der Waals surface area contributed by atoms with Gasteiger partial charge >= 0.3 is 6.18 Å². The summed E-state index contributed by atoms with van der Waals surface area (Å²) in [6, 6.07) is 11.5. The van der Waals surface area contributed by atoms with Gasteiger partial charge in [-0.15, -0.1) is 0 Å². The molecule has 0 bridgehead atoms. The summed E-state index contributed by atoms with van der Waals surface area (Å²) >= 11 is 0. The van der Waals surface area contributed by atoms with Crippen LogP contribution in [0.15, 0.2) is 55.0 Å². The van der Waals surface area contributed by atoms with Crippen molar-refractivity contribution >= 4 is 17.5 Å². The molecule has 2 fully saturated rings. The van der Waals surface area contributed by atoms with E-state index in [0.717, 1.165) is 74.8 Å². The molecular formula is C30H35F3N6O. The van der Waals surface area contributed by atoms with Gasteiger partial charge in [0.25, 0.3) is 0 Å². The van der Waals surface area contributed by atoms with Crippen molar-refractivity contribution in [3.05, 3.63) is 66.2 Å². The fraction of sp³-hybridized carbons (Fsp3) is 0.467. The van der Waals surface area contributed by atoms with Gasteiger partial charge in [0.05, 0.1) is 12.4 Å². The second-order valence-electron chi connectivity index (χ2n) is 11.5. The van der Waals surface area contributed by atoms with Crippen molar-refractivity contribution in [2.75, 3.05) is 23.3 Å². The molecule has 1 aromatic carbocycles. The van der Waals surface area contributed by atoms with Crippen LogP contribution in [0, 0.1) is 11.3 Å². The van der Waals surface area contributed by atoms with Crippen molar-refractivity contribution in [3.63, 3.8) is 0 Å². The molecule has 10 heteroatoms. The molecule has 2 aliphatic rings. The molecule has 1 aliphatic heterocycles. The third-order valence-electron chi connectivity index (χ3n) is 8.27. The van der Waals surface area contributed by atoms with E-state index in [-0.39, 0.29) is 11.5 Å². The summed E-state index contributed by atoms with van der Waals surface area (Å²) in [5, 5.41) is 3.70. The summed E-state index contributed by atoms with van der Waals surface area (Å²) < 4.78 is 38.8. The Bertz CT molecular complexity index is 1330. The monoisotopic (exact) mass is 552 g/mol. The van der Waals surface area contributed by atoms with Crippen LogP contribution < -0.4 is 16.0 Å². The zero-order valence-corrected chi connectivity index (χ0v) is 22.6.